The van der Waals surface area contributed by atoms with E-state index in [2.05, 4.69) is 38.6 Å². The van der Waals surface area contributed by atoms with Gasteiger partial charge in [-0.25, -0.2) is 0 Å². The number of ether oxygens (including phenoxy) is 1. The van der Waals surface area contributed by atoms with Crippen LogP contribution in [-0.2, 0) is 18.8 Å². The van der Waals surface area contributed by atoms with Crippen LogP contribution in [0.1, 0.15) is 33.6 Å². The summed E-state index contributed by atoms with van der Waals surface area (Å²) in [5.74, 6) is -0.364. The molecule has 0 aromatic rings. The highest BCUT2D eigenvalue weighted by Crippen LogP contribution is 2.37. The van der Waals surface area contributed by atoms with Crippen molar-refractivity contribution in [2.75, 3.05) is 20.3 Å². The largest absolute Gasteiger partial charge is 0.468 e. The first-order valence-corrected chi connectivity index (χ1v) is 9.99. The number of hydrogen-bond donors (Lipinski definition) is 0. The summed E-state index contributed by atoms with van der Waals surface area (Å²) in [7, 11) is -0.489. The maximum absolute atomic E-state index is 11.8. The molecule has 0 bridgehead atoms. The zero-order valence-electron chi connectivity index (χ0n) is 13.5. The standard InChI is InChI=1S/C14H27NO4Si/c1-14(2,3)20(5,6)19-10-11-7-8-12(16)15(11)9-13(17)18-4/h11H,7-10H2,1-6H3/t11-/m1/s1. The molecule has 0 N–H and O–H groups in total. The van der Waals surface area contributed by atoms with E-state index in [-0.39, 0.29) is 29.5 Å². The van der Waals surface area contributed by atoms with E-state index in [0.717, 1.165) is 6.42 Å². The average Bonchev–Trinajstić information content (AvgIpc) is 2.67. The lowest BCUT2D eigenvalue weighted by Gasteiger charge is -2.37. The number of carbonyl (C=O) groups is 2. The molecule has 1 atom stereocenters. The van der Waals surface area contributed by atoms with Crippen molar-refractivity contribution >= 4 is 20.2 Å². The highest BCUT2D eigenvalue weighted by molar-refractivity contribution is 6.74. The van der Waals surface area contributed by atoms with Crippen molar-refractivity contribution in [3.8, 4) is 0 Å². The summed E-state index contributed by atoms with van der Waals surface area (Å²) in [6.45, 7) is 11.5. The van der Waals surface area contributed by atoms with Crippen molar-refractivity contribution in [3.63, 3.8) is 0 Å². The van der Waals surface area contributed by atoms with Crippen LogP contribution in [0.25, 0.3) is 0 Å². The molecule has 116 valence electrons. The highest BCUT2D eigenvalue weighted by atomic mass is 28.4. The van der Waals surface area contributed by atoms with E-state index in [1.165, 1.54) is 7.11 Å². The Hall–Kier alpha value is -0.883. The Labute approximate surface area is 122 Å². The SMILES string of the molecule is COC(=O)CN1C(=O)CC[C@@H]1CO[Si](C)(C)C(C)(C)C. The fourth-order valence-corrected chi connectivity index (χ4v) is 2.95. The molecule has 0 spiro atoms. The fourth-order valence-electron chi connectivity index (χ4n) is 1.91. The summed E-state index contributed by atoms with van der Waals surface area (Å²) in [6.07, 6.45) is 1.24. The molecule has 1 rings (SSSR count). The van der Waals surface area contributed by atoms with Crippen molar-refractivity contribution < 1.29 is 18.8 Å². The molecule has 0 unspecified atom stereocenters. The van der Waals surface area contributed by atoms with E-state index in [0.29, 0.717) is 13.0 Å². The second kappa shape index (κ2) is 6.26. The molecular formula is C14H27NO4Si. The molecule has 1 aliphatic heterocycles. The molecule has 1 heterocycles. The Morgan fingerprint density at radius 3 is 2.50 bits per heavy atom. The van der Waals surface area contributed by atoms with Gasteiger partial charge in [0, 0.05) is 6.42 Å². The van der Waals surface area contributed by atoms with Gasteiger partial charge in [-0.15, -0.1) is 0 Å². The summed E-state index contributed by atoms with van der Waals surface area (Å²) < 4.78 is 10.8. The molecule has 0 aromatic heterocycles. The van der Waals surface area contributed by atoms with Gasteiger partial charge in [-0.2, -0.15) is 0 Å². The second-order valence-corrected chi connectivity index (χ2v) is 11.7. The first-order valence-electron chi connectivity index (χ1n) is 7.09. The van der Waals surface area contributed by atoms with Crippen LogP contribution in [0.3, 0.4) is 0 Å². The van der Waals surface area contributed by atoms with Gasteiger partial charge in [0.05, 0.1) is 19.8 Å². The van der Waals surface area contributed by atoms with Gasteiger partial charge in [0.1, 0.15) is 6.54 Å². The van der Waals surface area contributed by atoms with Gasteiger partial charge in [0.2, 0.25) is 5.91 Å². The number of esters is 1. The predicted molar refractivity (Wildman–Crippen MR) is 79.9 cm³/mol. The lowest BCUT2D eigenvalue weighted by Crippen LogP contribution is -2.46. The van der Waals surface area contributed by atoms with Crippen LogP contribution in [0.5, 0.6) is 0 Å². The van der Waals surface area contributed by atoms with Crippen molar-refractivity contribution in [1.29, 1.82) is 0 Å². The van der Waals surface area contributed by atoms with Crippen molar-refractivity contribution in [2.45, 2.75) is 57.8 Å². The third-order valence-corrected chi connectivity index (χ3v) is 8.92. The normalized spacial score (nSPS) is 20.4. The third kappa shape index (κ3) is 4.05. The Balaban J connectivity index is 2.62. The second-order valence-electron chi connectivity index (χ2n) is 6.86. The Bertz CT molecular complexity index is 376. The molecule has 1 fully saturated rings. The highest BCUT2D eigenvalue weighted by Gasteiger charge is 2.40. The Morgan fingerprint density at radius 1 is 1.40 bits per heavy atom. The molecule has 1 aliphatic rings. The molecule has 20 heavy (non-hydrogen) atoms. The van der Waals surface area contributed by atoms with Gasteiger partial charge < -0.3 is 14.1 Å². The smallest absolute Gasteiger partial charge is 0.325 e. The van der Waals surface area contributed by atoms with E-state index in [1.807, 2.05) is 0 Å². The third-order valence-electron chi connectivity index (χ3n) is 4.42. The monoisotopic (exact) mass is 301 g/mol. The molecule has 6 heteroatoms. The lowest BCUT2D eigenvalue weighted by molar-refractivity contribution is -0.146. The van der Waals surface area contributed by atoms with Crippen LogP contribution in [0, 0.1) is 0 Å². The topological polar surface area (TPSA) is 55.8 Å². The van der Waals surface area contributed by atoms with Gasteiger partial charge in [-0.1, -0.05) is 20.8 Å². The van der Waals surface area contributed by atoms with Crippen LogP contribution in [0.4, 0.5) is 0 Å². The van der Waals surface area contributed by atoms with E-state index in [1.54, 1.807) is 4.90 Å². The molecule has 0 aliphatic carbocycles. The molecule has 0 aromatic carbocycles. The molecule has 1 saturated heterocycles. The minimum atomic E-state index is -1.83. The van der Waals surface area contributed by atoms with Crippen LogP contribution < -0.4 is 0 Å². The zero-order valence-corrected chi connectivity index (χ0v) is 14.5. The first-order chi connectivity index (χ1) is 9.08. The summed E-state index contributed by atoms with van der Waals surface area (Å²) in [5.41, 5.74) is 0. The summed E-state index contributed by atoms with van der Waals surface area (Å²) in [5, 5.41) is 0.142. The number of amides is 1. The number of methoxy groups -OCH3 is 1. The first kappa shape index (κ1) is 17.2. The minimum Gasteiger partial charge on any atom is -0.468 e. The van der Waals surface area contributed by atoms with E-state index in [9.17, 15) is 9.59 Å². The van der Waals surface area contributed by atoms with Gasteiger partial charge >= 0.3 is 5.97 Å². The van der Waals surface area contributed by atoms with Gasteiger partial charge in [0.25, 0.3) is 0 Å². The van der Waals surface area contributed by atoms with Crippen LogP contribution in [0.15, 0.2) is 0 Å². The fraction of sp³-hybridized carbons (Fsp3) is 0.857. The number of hydrogen-bond acceptors (Lipinski definition) is 4. The summed E-state index contributed by atoms with van der Waals surface area (Å²) >= 11 is 0. The van der Waals surface area contributed by atoms with Crippen molar-refractivity contribution in [3.05, 3.63) is 0 Å². The lowest BCUT2D eigenvalue weighted by atomic mass is 10.2. The number of nitrogens with zero attached hydrogens (tertiary/aromatic N) is 1. The molecule has 5 nitrogen and oxygen atoms in total. The van der Waals surface area contributed by atoms with Crippen LogP contribution in [-0.4, -0.2) is 51.4 Å². The van der Waals surface area contributed by atoms with E-state index >= 15 is 0 Å². The number of carbonyl (C=O) groups excluding carboxylic acids is 2. The average molecular weight is 301 g/mol. The number of likely N-dealkylation sites (tertiary alicyclic amines) is 1. The van der Waals surface area contributed by atoms with Crippen LogP contribution in [0.2, 0.25) is 18.1 Å². The van der Waals surface area contributed by atoms with Crippen molar-refractivity contribution in [1.82, 2.24) is 4.90 Å². The molecule has 0 radical (unpaired) electrons. The van der Waals surface area contributed by atoms with Gasteiger partial charge in [-0.05, 0) is 24.6 Å². The molecular weight excluding hydrogens is 274 g/mol. The molecule has 1 amide bonds. The summed E-state index contributed by atoms with van der Waals surface area (Å²) in [6, 6.07) is -0.00396. The predicted octanol–water partition coefficient (Wildman–Crippen LogP) is 2.17. The van der Waals surface area contributed by atoms with Crippen molar-refractivity contribution in [2.24, 2.45) is 0 Å². The summed E-state index contributed by atoms with van der Waals surface area (Å²) in [4.78, 5) is 24.8. The molecule has 0 saturated carbocycles. The maximum atomic E-state index is 11.8. The van der Waals surface area contributed by atoms with Gasteiger partial charge in [-0.3, -0.25) is 9.59 Å². The Morgan fingerprint density at radius 2 is 2.00 bits per heavy atom. The van der Waals surface area contributed by atoms with Gasteiger partial charge in [0.15, 0.2) is 8.32 Å². The minimum absolute atomic E-state index is 0.00396. The maximum Gasteiger partial charge on any atom is 0.325 e. The number of rotatable bonds is 5. The van der Waals surface area contributed by atoms with Crippen LogP contribution >= 0.6 is 0 Å². The van der Waals surface area contributed by atoms with E-state index < -0.39 is 8.32 Å². The Kier molecular flexibility index (Phi) is 5.37. The van der Waals surface area contributed by atoms with E-state index in [4.69, 9.17) is 4.43 Å². The quantitative estimate of drug-likeness (QED) is 0.577. The zero-order chi connectivity index (χ0) is 15.6.